The summed E-state index contributed by atoms with van der Waals surface area (Å²) in [5.41, 5.74) is 2.39. The molecule has 0 aliphatic carbocycles. The number of para-hydroxylation sites is 1. The van der Waals surface area contributed by atoms with Crippen LogP contribution in [-0.2, 0) is 15.0 Å². The molecule has 1 atom stereocenters. The zero-order valence-corrected chi connectivity index (χ0v) is 21.9. The fourth-order valence-corrected chi connectivity index (χ4v) is 4.62. The second-order valence-corrected chi connectivity index (χ2v) is 9.90. The Balaban J connectivity index is 1.91. The Bertz CT molecular complexity index is 1320. The number of nitrogens with zero attached hydrogens (tertiary/aromatic N) is 1. The maximum atomic E-state index is 13.4. The van der Waals surface area contributed by atoms with Crippen LogP contribution >= 0.6 is 0 Å². The number of Topliss-reactive ketones (excluding diaryl/α,β-unsaturated/α-hetero) is 1. The van der Waals surface area contributed by atoms with Crippen LogP contribution in [0, 0.1) is 0 Å². The van der Waals surface area contributed by atoms with Gasteiger partial charge in [-0.2, -0.15) is 0 Å². The molecule has 1 aliphatic heterocycles. The molecule has 6 heteroatoms. The fourth-order valence-electron chi connectivity index (χ4n) is 4.62. The molecular weight excluding hydrogens is 466 g/mol. The van der Waals surface area contributed by atoms with Gasteiger partial charge >= 0.3 is 0 Å². The topological polar surface area (TPSA) is 76.1 Å². The van der Waals surface area contributed by atoms with E-state index in [1.807, 2.05) is 50.2 Å². The Hall–Kier alpha value is -4.06. The van der Waals surface area contributed by atoms with Gasteiger partial charge in [0.2, 0.25) is 0 Å². The van der Waals surface area contributed by atoms with Crippen LogP contribution in [0.3, 0.4) is 0 Å². The molecule has 0 spiro atoms. The summed E-state index contributed by atoms with van der Waals surface area (Å²) in [5, 5.41) is 11.6. The van der Waals surface area contributed by atoms with Crippen LogP contribution < -0.4 is 14.4 Å². The van der Waals surface area contributed by atoms with Gasteiger partial charge in [-0.1, -0.05) is 51.1 Å². The second kappa shape index (κ2) is 10.5. The van der Waals surface area contributed by atoms with Crippen LogP contribution in [0.25, 0.3) is 5.76 Å². The monoisotopic (exact) mass is 499 g/mol. The highest BCUT2D eigenvalue weighted by molar-refractivity contribution is 6.51. The third kappa shape index (κ3) is 5.10. The van der Waals surface area contributed by atoms with Gasteiger partial charge in [0.1, 0.15) is 17.3 Å². The summed E-state index contributed by atoms with van der Waals surface area (Å²) in [6.45, 7) is 11.0. The van der Waals surface area contributed by atoms with Gasteiger partial charge in [0.05, 0.1) is 24.8 Å². The third-order valence-corrected chi connectivity index (χ3v) is 6.35. The Labute approximate surface area is 218 Å². The highest BCUT2D eigenvalue weighted by atomic mass is 16.5. The first kappa shape index (κ1) is 26.0. The lowest BCUT2D eigenvalue weighted by molar-refractivity contribution is -0.132. The number of carbonyl (C=O) groups is 2. The number of carbonyl (C=O) groups excluding carboxylic acids is 2. The lowest BCUT2D eigenvalue weighted by Gasteiger charge is -2.26. The number of rotatable bonds is 7. The van der Waals surface area contributed by atoms with Crippen LogP contribution in [0.2, 0.25) is 0 Å². The molecule has 1 unspecified atom stereocenters. The SMILES string of the molecule is CCOc1ccc(C2/C(=C(/O)c3ccc(OCC)c(C(C)(C)C)c3)C(=O)C(=O)N2c2ccccc2)cc1. The van der Waals surface area contributed by atoms with Gasteiger partial charge in [0, 0.05) is 16.8 Å². The van der Waals surface area contributed by atoms with Crippen molar-refractivity contribution >= 4 is 23.1 Å². The minimum atomic E-state index is -0.803. The summed E-state index contributed by atoms with van der Waals surface area (Å²) < 4.78 is 11.4. The first-order valence-electron chi connectivity index (χ1n) is 12.5. The predicted molar refractivity (Wildman–Crippen MR) is 145 cm³/mol. The minimum absolute atomic E-state index is 0.0435. The van der Waals surface area contributed by atoms with Crippen LogP contribution in [0.15, 0.2) is 78.4 Å². The average molecular weight is 500 g/mol. The first-order chi connectivity index (χ1) is 17.7. The van der Waals surface area contributed by atoms with Crippen molar-refractivity contribution in [1.29, 1.82) is 0 Å². The van der Waals surface area contributed by atoms with Gasteiger partial charge in [0.15, 0.2) is 0 Å². The van der Waals surface area contributed by atoms with Gasteiger partial charge < -0.3 is 14.6 Å². The molecule has 1 aliphatic rings. The quantitative estimate of drug-likeness (QED) is 0.231. The molecule has 37 heavy (non-hydrogen) atoms. The number of hydrogen-bond donors (Lipinski definition) is 1. The Kier molecular flexibility index (Phi) is 7.39. The average Bonchev–Trinajstić information content (AvgIpc) is 3.15. The van der Waals surface area contributed by atoms with E-state index in [1.165, 1.54) is 4.90 Å². The molecule has 1 heterocycles. The van der Waals surface area contributed by atoms with Crippen LogP contribution in [0.4, 0.5) is 5.69 Å². The first-order valence-corrected chi connectivity index (χ1v) is 12.5. The van der Waals surface area contributed by atoms with E-state index in [4.69, 9.17) is 9.47 Å². The van der Waals surface area contributed by atoms with E-state index in [-0.39, 0.29) is 16.7 Å². The van der Waals surface area contributed by atoms with Crippen molar-refractivity contribution in [1.82, 2.24) is 0 Å². The zero-order chi connectivity index (χ0) is 26.7. The molecule has 1 N–H and O–H groups in total. The highest BCUT2D eigenvalue weighted by Crippen LogP contribution is 2.43. The van der Waals surface area contributed by atoms with E-state index in [9.17, 15) is 14.7 Å². The zero-order valence-electron chi connectivity index (χ0n) is 21.9. The van der Waals surface area contributed by atoms with Crippen LogP contribution in [0.1, 0.15) is 57.4 Å². The molecule has 3 aromatic carbocycles. The van der Waals surface area contributed by atoms with Crippen molar-refractivity contribution < 1.29 is 24.2 Å². The molecule has 1 saturated heterocycles. The molecule has 0 bridgehead atoms. The number of ether oxygens (including phenoxy) is 2. The predicted octanol–water partition coefficient (Wildman–Crippen LogP) is 6.41. The van der Waals surface area contributed by atoms with Crippen molar-refractivity contribution in [3.63, 3.8) is 0 Å². The van der Waals surface area contributed by atoms with Crippen molar-refractivity contribution in [2.75, 3.05) is 18.1 Å². The van der Waals surface area contributed by atoms with Crippen LogP contribution in [-0.4, -0.2) is 30.0 Å². The van der Waals surface area contributed by atoms with Crippen molar-refractivity contribution in [3.8, 4) is 11.5 Å². The van der Waals surface area contributed by atoms with Crippen molar-refractivity contribution in [2.45, 2.75) is 46.1 Å². The van der Waals surface area contributed by atoms with Gasteiger partial charge in [0.25, 0.3) is 11.7 Å². The van der Waals surface area contributed by atoms with Gasteiger partial charge in [-0.3, -0.25) is 14.5 Å². The lowest BCUT2D eigenvalue weighted by atomic mass is 9.84. The van der Waals surface area contributed by atoms with E-state index in [0.29, 0.717) is 35.8 Å². The summed E-state index contributed by atoms with van der Waals surface area (Å²) >= 11 is 0. The molecule has 4 rings (SSSR count). The molecule has 0 radical (unpaired) electrons. The largest absolute Gasteiger partial charge is 0.507 e. The maximum absolute atomic E-state index is 13.4. The number of aliphatic hydroxyl groups is 1. The second-order valence-electron chi connectivity index (χ2n) is 9.90. The summed E-state index contributed by atoms with van der Waals surface area (Å²) in [5.74, 6) is -0.229. The molecule has 3 aromatic rings. The molecule has 6 nitrogen and oxygen atoms in total. The summed E-state index contributed by atoms with van der Waals surface area (Å²) in [6, 6.07) is 20.8. The van der Waals surface area contributed by atoms with E-state index >= 15 is 0 Å². The van der Waals surface area contributed by atoms with E-state index in [1.54, 1.807) is 36.4 Å². The van der Waals surface area contributed by atoms with Crippen molar-refractivity contribution in [3.05, 3.63) is 95.1 Å². The molecule has 1 amide bonds. The van der Waals surface area contributed by atoms with Crippen LogP contribution in [0.5, 0.6) is 11.5 Å². The Morgan fingerprint density at radius 3 is 2.14 bits per heavy atom. The summed E-state index contributed by atoms with van der Waals surface area (Å²) in [4.78, 5) is 28.3. The van der Waals surface area contributed by atoms with E-state index in [0.717, 1.165) is 11.3 Å². The smallest absolute Gasteiger partial charge is 0.300 e. The van der Waals surface area contributed by atoms with Crippen molar-refractivity contribution in [2.24, 2.45) is 0 Å². The number of aliphatic hydroxyl groups excluding tert-OH is 1. The highest BCUT2D eigenvalue weighted by Gasteiger charge is 2.47. The number of benzene rings is 3. The Morgan fingerprint density at radius 1 is 0.892 bits per heavy atom. The van der Waals surface area contributed by atoms with Gasteiger partial charge in [-0.15, -0.1) is 0 Å². The van der Waals surface area contributed by atoms with E-state index in [2.05, 4.69) is 20.8 Å². The number of hydrogen-bond acceptors (Lipinski definition) is 5. The number of ketones is 1. The summed E-state index contributed by atoms with van der Waals surface area (Å²) in [6.07, 6.45) is 0. The molecular formula is C31H33NO5. The maximum Gasteiger partial charge on any atom is 0.300 e. The van der Waals surface area contributed by atoms with E-state index < -0.39 is 17.7 Å². The fraction of sp³-hybridized carbons (Fsp3) is 0.290. The summed E-state index contributed by atoms with van der Waals surface area (Å²) in [7, 11) is 0. The van der Waals surface area contributed by atoms with Gasteiger partial charge in [-0.05, 0) is 67.3 Å². The number of amides is 1. The molecule has 0 aromatic heterocycles. The number of anilines is 1. The molecule has 192 valence electrons. The standard InChI is InChI=1S/C31H33NO5/c1-6-36-23-16-13-20(14-17-23)27-26(29(34)30(35)32(27)22-11-9-8-10-12-22)28(33)21-15-18-25(37-7-2)24(19-21)31(3,4)5/h8-19,27,33H,6-7H2,1-5H3/b28-26-. The lowest BCUT2D eigenvalue weighted by Crippen LogP contribution is -2.29. The minimum Gasteiger partial charge on any atom is -0.507 e. The van der Waals surface area contributed by atoms with Gasteiger partial charge in [-0.25, -0.2) is 0 Å². The Morgan fingerprint density at radius 2 is 1.54 bits per heavy atom. The molecule has 1 fully saturated rings. The normalized spacial score (nSPS) is 17.2. The molecule has 0 saturated carbocycles. The third-order valence-electron chi connectivity index (χ3n) is 6.35.